The van der Waals surface area contributed by atoms with Gasteiger partial charge in [-0.25, -0.2) is 12.4 Å². The summed E-state index contributed by atoms with van der Waals surface area (Å²) in [5, 5.41) is 1.80. The van der Waals surface area contributed by atoms with Crippen LogP contribution in [-0.2, 0) is 16.4 Å². The molecule has 0 N–H and O–H groups in total. The zero-order valence-electron chi connectivity index (χ0n) is 13.8. The smallest absolute Gasteiger partial charge is 0.238 e. The highest BCUT2D eigenvalue weighted by Crippen LogP contribution is 2.27. The summed E-state index contributed by atoms with van der Waals surface area (Å²) in [5.74, 6) is 0. The monoisotopic (exact) mass is 405 g/mol. The number of halogens is 1. The van der Waals surface area contributed by atoms with Gasteiger partial charge < -0.3 is 0 Å². The van der Waals surface area contributed by atoms with Crippen LogP contribution in [0.1, 0.15) is 23.2 Å². The highest BCUT2D eigenvalue weighted by Gasteiger charge is 2.22. The van der Waals surface area contributed by atoms with Gasteiger partial charge in [-0.2, -0.15) is 0 Å². The number of aromatic nitrogens is 1. The molecular formula is C19H20BrNO2S. The third-order valence-corrected chi connectivity index (χ3v) is 6.45. The Morgan fingerprint density at radius 3 is 2.29 bits per heavy atom. The van der Waals surface area contributed by atoms with E-state index in [2.05, 4.69) is 15.9 Å². The first-order valence-corrected chi connectivity index (χ1v) is 10.5. The minimum atomic E-state index is -3.62. The Morgan fingerprint density at radius 2 is 1.62 bits per heavy atom. The van der Waals surface area contributed by atoms with Gasteiger partial charge in [-0.3, -0.25) is 0 Å². The van der Waals surface area contributed by atoms with Gasteiger partial charge in [-0.1, -0.05) is 45.8 Å². The van der Waals surface area contributed by atoms with E-state index in [1.165, 1.54) is 3.97 Å². The molecule has 3 aromatic rings. The average molecular weight is 406 g/mol. The molecule has 126 valence electrons. The summed E-state index contributed by atoms with van der Waals surface area (Å²) in [5.41, 5.74) is 3.67. The van der Waals surface area contributed by atoms with E-state index in [1.54, 1.807) is 12.1 Å². The molecule has 0 aliphatic rings. The number of alkyl halides is 1. The average Bonchev–Trinajstić information content (AvgIpc) is 2.91. The number of hydrogen-bond donors (Lipinski definition) is 0. The molecule has 0 aliphatic carbocycles. The molecule has 1 heterocycles. The molecule has 0 aliphatic heterocycles. The third kappa shape index (κ3) is 3.15. The summed E-state index contributed by atoms with van der Waals surface area (Å²) in [6.45, 7) is 3.93. The zero-order chi connectivity index (χ0) is 17.3. The van der Waals surface area contributed by atoms with Crippen molar-refractivity contribution in [2.75, 3.05) is 5.33 Å². The van der Waals surface area contributed by atoms with Gasteiger partial charge in [0.15, 0.2) is 0 Å². The summed E-state index contributed by atoms with van der Waals surface area (Å²) >= 11 is 3.43. The molecule has 0 fully saturated rings. The minimum absolute atomic E-state index is 0.326. The van der Waals surface area contributed by atoms with Gasteiger partial charge in [0.25, 0.3) is 10.0 Å². The maximum Gasteiger partial charge on any atom is 0.268 e. The fraction of sp³-hybridized carbons (Fsp3) is 0.263. The van der Waals surface area contributed by atoms with Crippen molar-refractivity contribution in [3.05, 3.63) is 65.4 Å². The maximum absolute atomic E-state index is 13.3. The summed E-state index contributed by atoms with van der Waals surface area (Å²) < 4.78 is 28.0. The Bertz CT molecular complexity index is 973. The van der Waals surface area contributed by atoms with Crippen LogP contribution in [0.3, 0.4) is 0 Å². The van der Waals surface area contributed by atoms with E-state index in [0.29, 0.717) is 11.3 Å². The molecule has 5 heteroatoms. The molecule has 24 heavy (non-hydrogen) atoms. The lowest BCUT2D eigenvalue weighted by Gasteiger charge is -2.12. The first-order valence-electron chi connectivity index (χ1n) is 7.92. The van der Waals surface area contributed by atoms with E-state index < -0.39 is 10.0 Å². The molecule has 0 radical (unpaired) electrons. The van der Waals surface area contributed by atoms with E-state index in [1.807, 2.05) is 50.2 Å². The lowest BCUT2D eigenvalue weighted by Crippen LogP contribution is -2.16. The largest absolute Gasteiger partial charge is 0.268 e. The van der Waals surface area contributed by atoms with E-state index >= 15 is 0 Å². The van der Waals surface area contributed by atoms with Crippen LogP contribution in [0, 0.1) is 13.8 Å². The molecule has 0 saturated carbocycles. The first-order chi connectivity index (χ1) is 11.4. The highest BCUT2D eigenvalue weighted by molar-refractivity contribution is 9.09. The Hall–Kier alpha value is -1.59. The lowest BCUT2D eigenvalue weighted by atomic mass is 10.2. The van der Waals surface area contributed by atoms with Gasteiger partial charge in [0.2, 0.25) is 0 Å². The predicted octanol–water partition coefficient (Wildman–Crippen LogP) is 4.82. The Labute approximate surface area is 151 Å². The SMILES string of the molecule is Cc1ccc(S(=O)(=O)n2c(CCCBr)cc3ccc(C)cc32)cc1. The number of rotatable bonds is 5. The van der Waals surface area contributed by atoms with Crippen LogP contribution >= 0.6 is 15.9 Å². The maximum atomic E-state index is 13.3. The molecule has 0 atom stereocenters. The molecule has 0 saturated heterocycles. The molecule has 3 nitrogen and oxygen atoms in total. The van der Waals surface area contributed by atoms with E-state index in [9.17, 15) is 8.42 Å². The van der Waals surface area contributed by atoms with Crippen LogP contribution in [0.15, 0.2) is 53.4 Å². The number of nitrogens with zero attached hydrogens (tertiary/aromatic N) is 1. The Kier molecular flexibility index (Phi) is 4.83. The van der Waals surface area contributed by atoms with Gasteiger partial charge >= 0.3 is 0 Å². The molecule has 0 spiro atoms. The van der Waals surface area contributed by atoms with E-state index in [-0.39, 0.29) is 0 Å². The van der Waals surface area contributed by atoms with Crippen molar-refractivity contribution in [1.29, 1.82) is 0 Å². The molecule has 1 aromatic heterocycles. The molecule has 0 unspecified atom stereocenters. The lowest BCUT2D eigenvalue weighted by molar-refractivity contribution is 0.586. The second-order valence-corrected chi connectivity index (χ2v) is 8.65. The molecular weight excluding hydrogens is 386 g/mol. The zero-order valence-corrected chi connectivity index (χ0v) is 16.2. The van der Waals surface area contributed by atoms with Gasteiger partial charge in [-0.05, 0) is 56.5 Å². The van der Waals surface area contributed by atoms with Crippen LogP contribution < -0.4 is 0 Å². The standard InChI is InChI=1S/C19H20BrNO2S/c1-14-6-9-18(10-7-14)24(22,23)21-17(4-3-11-20)13-16-8-5-15(2)12-19(16)21/h5-10,12-13H,3-4,11H2,1-2H3. The van der Waals surface area contributed by atoms with E-state index in [4.69, 9.17) is 0 Å². The summed E-state index contributed by atoms with van der Waals surface area (Å²) in [6.07, 6.45) is 1.60. The van der Waals surface area contributed by atoms with Crippen molar-refractivity contribution in [2.45, 2.75) is 31.6 Å². The molecule has 3 rings (SSSR count). The predicted molar refractivity (Wildman–Crippen MR) is 103 cm³/mol. The second-order valence-electron chi connectivity index (χ2n) is 6.07. The fourth-order valence-corrected chi connectivity index (χ4v) is 4.71. The molecule has 2 aromatic carbocycles. The number of fused-ring (bicyclic) bond motifs is 1. The van der Waals surface area contributed by atoms with Crippen molar-refractivity contribution < 1.29 is 8.42 Å². The van der Waals surface area contributed by atoms with Crippen molar-refractivity contribution >= 4 is 36.9 Å². The Balaban J connectivity index is 2.25. The van der Waals surface area contributed by atoms with Gasteiger partial charge in [0, 0.05) is 16.4 Å². The van der Waals surface area contributed by atoms with Gasteiger partial charge in [0.1, 0.15) is 0 Å². The normalized spacial score (nSPS) is 12.0. The number of aryl methyl sites for hydroxylation is 3. The van der Waals surface area contributed by atoms with Gasteiger partial charge in [-0.15, -0.1) is 0 Å². The van der Waals surface area contributed by atoms with Crippen molar-refractivity contribution in [3.8, 4) is 0 Å². The van der Waals surface area contributed by atoms with Crippen LogP contribution in [0.5, 0.6) is 0 Å². The summed E-state index contributed by atoms with van der Waals surface area (Å²) in [4.78, 5) is 0.326. The highest BCUT2D eigenvalue weighted by atomic mass is 79.9. The van der Waals surface area contributed by atoms with E-state index in [0.717, 1.165) is 39.5 Å². The first kappa shape index (κ1) is 17.2. The van der Waals surface area contributed by atoms with Crippen molar-refractivity contribution in [3.63, 3.8) is 0 Å². The van der Waals surface area contributed by atoms with Crippen molar-refractivity contribution in [2.24, 2.45) is 0 Å². The molecule has 0 bridgehead atoms. The fourth-order valence-electron chi connectivity index (χ4n) is 2.87. The summed E-state index contributed by atoms with van der Waals surface area (Å²) in [6, 6.07) is 15.0. The van der Waals surface area contributed by atoms with Crippen LogP contribution in [0.25, 0.3) is 10.9 Å². The number of hydrogen-bond acceptors (Lipinski definition) is 2. The topological polar surface area (TPSA) is 39.1 Å². The quantitative estimate of drug-likeness (QED) is 0.570. The van der Waals surface area contributed by atoms with Gasteiger partial charge in [0.05, 0.1) is 10.4 Å². The molecule has 0 amide bonds. The second kappa shape index (κ2) is 6.73. The van der Waals surface area contributed by atoms with Crippen LogP contribution in [0.4, 0.5) is 0 Å². The minimum Gasteiger partial charge on any atom is -0.238 e. The number of benzene rings is 2. The summed E-state index contributed by atoms with van der Waals surface area (Å²) in [7, 11) is -3.62. The van der Waals surface area contributed by atoms with Crippen LogP contribution in [0.2, 0.25) is 0 Å². The third-order valence-electron chi connectivity index (χ3n) is 4.11. The van der Waals surface area contributed by atoms with Crippen molar-refractivity contribution in [1.82, 2.24) is 3.97 Å². The van der Waals surface area contributed by atoms with Crippen LogP contribution in [-0.4, -0.2) is 17.7 Å². The Morgan fingerprint density at radius 1 is 0.958 bits per heavy atom.